The van der Waals surface area contributed by atoms with Crippen LogP contribution in [0.15, 0.2) is 18.5 Å². The van der Waals surface area contributed by atoms with Crippen molar-refractivity contribution in [1.82, 2.24) is 24.9 Å². The summed E-state index contributed by atoms with van der Waals surface area (Å²) in [6.07, 6.45) is 3.03. The molecule has 0 saturated carbocycles. The van der Waals surface area contributed by atoms with Crippen LogP contribution in [0.5, 0.6) is 0 Å². The fourth-order valence-corrected chi connectivity index (χ4v) is 2.15. The third kappa shape index (κ3) is 3.67. The fraction of sp³-hybridized carbons (Fsp3) is 0.462. The lowest BCUT2D eigenvalue weighted by molar-refractivity contribution is -0.389. The third-order valence-corrected chi connectivity index (χ3v) is 3.64. The number of carbonyl (C=O) groups excluding carboxylic acids is 1. The minimum atomic E-state index is -0.904. The van der Waals surface area contributed by atoms with Gasteiger partial charge in [-0.25, -0.2) is 0 Å². The van der Waals surface area contributed by atoms with Crippen LogP contribution in [0.3, 0.4) is 0 Å². The molecule has 0 bridgehead atoms. The van der Waals surface area contributed by atoms with Gasteiger partial charge in [-0.05, 0) is 25.7 Å². The lowest BCUT2D eigenvalue weighted by atomic mass is 10.1. The first-order chi connectivity index (χ1) is 10.7. The molecule has 2 rings (SSSR count). The van der Waals surface area contributed by atoms with E-state index in [4.69, 9.17) is 11.6 Å². The topological polar surface area (TPSA) is 108 Å². The van der Waals surface area contributed by atoms with E-state index in [1.807, 2.05) is 0 Å². The molecule has 0 aliphatic heterocycles. The van der Waals surface area contributed by atoms with Crippen LogP contribution in [-0.4, -0.2) is 36.9 Å². The average Bonchev–Trinajstić information content (AvgIpc) is 3.06. The van der Waals surface area contributed by atoms with Crippen molar-refractivity contribution in [3.05, 3.63) is 39.3 Å². The van der Waals surface area contributed by atoms with Gasteiger partial charge in [0.25, 0.3) is 0 Å². The summed E-state index contributed by atoms with van der Waals surface area (Å²) in [4.78, 5) is 22.4. The smallest absolute Gasteiger partial charge is 0.358 e. The molecule has 9 nitrogen and oxygen atoms in total. The van der Waals surface area contributed by atoms with E-state index in [-0.39, 0.29) is 18.3 Å². The molecular weight excluding hydrogens is 324 g/mol. The molecule has 1 amide bonds. The predicted molar refractivity (Wildman–Crippen MR) is 83.2 cm³/mol. The fourth-order valence-electron chi connectivity index (χ4n) is 2.01. The second-order valence-electron chi connectivity index (χ2n) is 5.54. The Bertz CT molecular complexity index is 736. The lowest BCUT2D eigenvalue weighted by Crippen LogP contribution is -2.45. The Morgan fingerprint density at radius 1 is 1.52 bits per heavy atom. The van der Waals surface area contributed by atoms with Gasteiger partial charge >= 0.3 is 5.82 Å². The maximum absolute atomic E-state index is 12.3. The van der Waals surface area contributed by atoms with Gasteiger partial charge in [-0.3, -0.25) is 9.48 Å². The number of hydrogen-bond acceptors (Lipinski definition) is 5. The number of nitro groups is 1. The molecule has 2 heterocycles. The van der Waals surface area contributed by atoms with Crippen molar-refractivity contribution in [3.8, 4) is 0 Å². The molecule has 1 N–H and O–H groups in total. The van der Waals surface area contributed by atoms with Crippen molar-refractivity contribution >= 4 is 23.3 Å². The molecule has 2 aromatic heterocycles. The number of amides is 1. The zero-order chi connectivity index (χ0) is 17.2. The van der Waals surface area contributed by atoms with E-state index in [9.17, 15) is 14.9 Å². The van der Waals surface area contributed by atoms with Gasteiger partial charge in [-0.2, -0.15) is 9.78 Å². The molecule has 0 unspecified atom stereocenters. The highest BCUT2D eigenvalue weighted by Gasteiger charge is 2.30. The largest absolute Gasteiger partial charge is 0.390 e. The summed E-state index contributed by atoms with van der Waals surface area (Å²) >= 11 is 5.82. The van der Waals surface area contributed by atoms with Gasteiger partial charge in [-0.1, -0.05) is 11.6 Å². The maximum Gasteiger partial charge on any atom is 0.390 e. The van der Waals surface area contributed by atoms with Crippen LogP contribution in [0.25, 0.3) is 0 Å². The molecule has 0 radical (unpaired) electrons. The molecule has 0 aliphatic rings. The van der Waals surface area contributed by atoms with E-state index >= 15 is 0 Å². The first kappa shape index (κ1) is 16.9. The summed E-state index contributed by atoms with van der Waals surface area (Å²) in [5.74, 6) is -0.447. The lowest BCUT2D eigenvalue weighted by Gasteiger charge is -2.24. The van der Waals surface area contributed by atoms with Gasteiger partial charge in [0.05, 0.1) is 34.6 Å². The SMILES string of the molecule is Cc1cc([N+](=O)[O-])nn1CCNC(=O)C(C)(C)n1cc(Cl)cn1. The highest BCUT2D eigenvalue weighted by atomic mass is 35.5. The Balaban J connectivity index is 1.95. The molecule has 0 aliphatic carbocycles. The molecule has 0 saturated heterocycles. The number of aryl methyl sites for hydroxylation is 1. The number of hydrogen-bond donors (Lipinski definition) is 1. The standard InChI is InChI=1S/C13H17ClN6O3/c1-9-6-11(20(22)23)17-18(9)5-4-15-12(21)13(2,3)19-8-10(14)7-16-19/h6-8H,4-5H2,1-3H3,(H,15,21). The summed E-state index contributed by atoms with van der Waals surface area (Å²) in [5, 5.41) is 21.8. The third-order valence-electron chi connectivity index (χ3n) is 3.44. The molecule has 10 heteroatoms. The van der Waals surface area contributed by atoms with Crippen molar-refractivity contribution in [2.75, 3.05) is 6.54 Å². The Morgan fingerprint density at radius 2 is 2.22 bits per heavy atom. The van der Waals surface area contributed by atoms with E-state index in [1.165, 1.54) is 21.6 Å². The number of rotatable bonds is 6. The van der Waals surface area contributed by atoms with Gasteiger partial charge < -0.3 is 15.4 Å². The maximum atomic E-state index is 12.3. The van der Waals surface area contributed by atoms with E-state index in [0.29, 0.717) is 17.3 Å². The summed E-state index contributed by atoms with van der Waals surface area (Å²) < 4.78 is 2.96. The van der Waals surface area contributed by atoms with Crippen LogP contribution < -0.4 is 5.32 Å². The molecular formula is C13H17ClN6O3. The Labute approximate surface area is 137 Å². The summed E-state index contributed by atoms with van der Waals surface area (Å²) in [7, 11) is 0. The zero-order valence-electron chi connectivity index (χ0n) is 13.0. The molecule has 23 heavy (non-hydrogen) atoms. The second kappa shape index (κ2) is 6.37. The van der Waals surface area contributed by atoms with Gasteiger partial charge in [0.1, 0.15) is 5.54 Å². The van der Waals surface area contributed by atoms with E-state index in [2.05, 4.69) is 15.5 Å². The Hall–Kier alpha value is -2.42. The summed E-state index contributed by atoms with van der Waals surface area (Å²) in [5.41, 5.74) is -0.248. The van der Waals surface area contributed by atoms with Crippen molar-refractivity contribution in [3.63, 3.8) is 0 Å². The van der Waals surface area contributed by atoms with Crippen LogP contribution in [0.2, 0.25) is 5.02 Å². The minimum absolute atomic E-state index is 0.208. The molecule has 124 valence electrons. The Morgan fingerprint density at radius 3 is 2.74 bits per heavy atom. The molecule has 2 aromatic rings. The monoisotopic (exact) mass is 340 g/mol. The van der Waals surface area contributed by atoms with E-state index in [1.54, 1.807) is 27.0 Å². The van der Waals surface area contributed by atoms with E-state index in [0.717, 1.165) is 0 Å². The first-order valence-corrected chi connectivity index (χ1v) is 7.27. The normalized spacial score (nSPS) is 11.5. The van der Waals surface area contributed by atoms with Gasteiger partial charge in [0, 0.05) is 12.7 Å². The van der Waals surface area contributed by atoms with Crippen LogP contribution in [-0.2, 0) is 16.9 Å². The first-order valence-electron chi connectivity index (χ1n) is 6.89. The number of carbonyl (C=O) groups is 1. The summed E-state index contributed by atoms with van der Waals surface area (Å²) in [6.45, 7) is 5.78. The molecule has 0 spiro atoms. The van der Waals surface area contributed by atoms with Crippen LogP contribution >= 0.6 is 11.6 Å². The van der Waals surface area contributed by atoms with Crippen LogP contribution in [0, 0.1) is 17.0 Å². The van der Waals surface area contributed by atoms with Gasteiger partial charge in [-0.15, -0.1) is 0 Å². The van der Waals surface area contributed by atoms with Crippen molar-refractivity contribution in [1.29, 1.82) is 0 Å². The molecule has 0 fully saturated rings. The zero-order valence-corrected chi connectivity index (χ0v) is 13.7. The minimum Gasteiger partial charge on any atom is -0.358 e. The van der Waals surface area contributed by atoms with Crippen LogP contribution in [0.4, 0.5) is 5.82 Å². The predicted octanol–water partition coefficient (Wildman–Crippen LogP) is 1.50. The highest BCUT2D eigenvalue weighted by Crippen LogP contribution is 2.17. The van der Waals surface area contributed by atoms with Gasteiger partial charge in [0.15, 0.2) is 0 Å². The van der Waals surface area contributed by atoms with Crippen molar-refractivity contribution in [2.45, 2.75) is 32.9 Å². The molecule has 0 atom stereocenters. The number of aromatic nitrogens is 4. The van der Waals surface area contributed by atoms with E-state index < -0.39 is 10.5 Å². The number of nitrogens with one attached hydrogen (secondary N) is 1. The average molecular weight is 341 g/mol. The second-order valence-corrected chi connectivity index (χ2v) is 5.98. The quantitative estimate of drug-likeness (QED) is 0.633. The highest BCUT2D eigenvalue weighted by molar-refractivity contribution is 6.30. The van der Waals surface area contributed by atoms with Gasteiger partial charge in [0.2, 0.25) is 5.91 Å². The Kier molecular flexibility index (Phi) is 4.69. The number of halogens is 1. The van der Waals surface area contributed by atoms with Crippen molar-refractivity contribution < 1.29 is 9.72 Å². The molecule has 0 aromatic carbocycles. The van der Waals surface area contributed by atoms with Crippen molar-refractivity contribution in [2.24, 2.45) is 0 Å². The summed E-state index contributed by atoms with van der Waals surface area (Å²) in [6, 6.07) is 1.39. The van der Waals surface area contributed by atoms with Crippen LogP contribution in [0.1, 0.15) is 19.5 Å². The number of nitrogens with zero attached hydrogens (tertiary/aromatic N) is 5.